The zero-order valence-electron chi connectivity index (χ0n) is 9.02. The summed E-state index contributed by atoms with van der Waals surface area (Å²) in [4.78, 5) is 41.1. The SMILES string of the molecule is CC1CC(=O)OC1=O.CC1CC(=O)OC1=O. The number of esters is 4. The predicted octanol–water partition coefficient (Wildman–Crippen LogP) is 0.192. The van der Waals surface area contributed by atoms with Crippen LogP contribution in [-0.4, -0.2) is 23.9 Å². The molecule has 0 aromatic carbocycles. The predicted molar refractivity (Wildman–Crippen MR) is 49.8 cm³/mol. The van der Waals surface area contributed by atoms with Gasteiger partial charge in [0, 0.05) is 0 Å². The van der Waals surface area contributed by atoms with E-state index < -0.39 is 23.9 Å². The van der Waals surface area contributed by atoms with Crippen LogP contribution in [-0.2, 0) is 28.7 Å². The van der Waals surface area contributed by atoms with Gasteiger partial charge >= 0.3 is 23.9 Å². The Hall–Kier alpha value is -1.72. The van der Waals surface area contributed by atoms with Crippen LogP contribution in [0.4, 0.5) is 0 Å². The number of ether oxygens (including phenoxy) is 2. The van der Waals surface area contributed by atoms with E-state index in [1.807, 2.05) is 0 Å². The number of hydrogen-bond acceptors (Lipinski definition) is 6. The fourth-order valence-corrected chi connectivity index (χ4v) is 1.18. The second-order valence-electron chi connectivity index (χ2n) is 3.80. The van der Waals surface area contributed by atoms with Gasteiger partial charge in [-0.3, -0.25) is 19.2 Å². The van der Waals surface area contributed by atoms with Crippen molar-refractivity contribution in [3.05, 3.63) is 0 Å². The van der Waals surface area contributed by atoms with E-state index in [4.69, 9.17) is 0 Å². The summed E-state index contributed by atoms with van der Waals surface area (Å²) in [5.41, 5.74) is 0. The van der Waals surface area contributed by atoms with Crippen molar-refractivity contribution in [2.45, 2.75) is 26.7 Å². The van der Waals surface area contributed by atoms with Crippen molar-refractivity contribution < 1.29 is 28.7 Å². The van der Waals surface area contributed by atoms with E-state index in [2.05, 4.69) is 9.47 Å². The Morgan fingerprint density at radius 2 is 1.12 bits per heavy atom. The molecule has 0 aromatic heterocycles. The van der Waals surface area contributed by atoms with Crippen molar-refractivity contribution in [1.29, 1.82) is 0 Å². The lowest BCUT2D eigenvalue weighted by Crippen LogP contribution is -2.01. The number of cyclic esters (lactones) is 4. The average Bonchev–Trinajstić information content (AvgIpc) is 2.58. The maximum atomic E-state index is 10.3. The lowest BCUT2D eigenvalue weighted by atomic mass is 10.1. The lowest BCUT2D eigenvalue weighted by molar-refractivity contribution is -0.154. The molecule has 2 aliphatic rings. The van der Waals surface area contributed by atoms with Crippen LogP contribution in [0.3, 0.4) is 0 Å². The molecule has 0 bridgehead atoms. The molecular formula is C10H12O6. The van der Waals surface area contributed by atoms with Crippen LogP contribution >= 0.6 is 0 Å². The molecule has 2 atom stereocenters. The van der Waals surface area contributed by atoms with Crippen molar-refractivity contribution in [3.63, 3.8) is 0 Å². The molecule has 0 N–H and O–H groups in total. The lowest BCUT2D eigenvalue weighted by Gasteiger charge is -1.86. The maximum Gasteiger partial charge on any atom is 0.316 e. The average molecular weight is 228 g/mol. The molecule has 2 rings (SSSR count). The van der Waals surface area contributed by atoms with Crippen molar-refractivity contribution in [3.8, 4) is 0 Å². The van der Waals surface area contributed by atoms with Gasteiger partial charge in [-0.2, -0.15) is 0 Å². The summed E-state index contributed by atoms with van der Waals surface area (Å²) in [6, 6.07) is 0. The molecule has 0 amide bonds. The zero-order valence-corrected chi connectivity index (χ0v) is 9.02. The molecular weight excluding hydrogens is 216 g/mol. The number of rotatable bonds is 0. The van der Waals surface area contributed by atoms with Crippen LogP contribution < -0.4 is 0 Å². The smallest absolute Gasteiger partial charge is 0.316 e. The second-order valence-corrected chi connectivity index (χ2v) is 3.80. The summed E-state index contributed by atoms with van der Waals surface area (Å²) >= 11 is 0. The normalized spacial score (nSPS) is 28.4. The summed E-state index contributed by atoms with van der Waals surface area (Å²) in [6.07, 6.45) is 0.498. The van der Waals surface area contributed by atoms with Crippen LogP contribution in [0.1, 0.15) is 26.7 Å². The molecule has 6 nitrogen and oxygen atoms in total. The van der Waals surface area contributed by atoms with Crippen molar-refractivity contribution >= 4 is 23.9 Å². The van der Waals surface area contributed by atoms with Crippen LogP contribution in [0.15, 0.2) is 0 Å². The maximum absolute atomic E-state index is 10.3. The number of hydrogen-bond donors (Lipinski definition) is 0. The molecule has 0 spiro atoms. The van der Waals surface area contributed by atoms with Gasteiger partial charge in [0.25, 0.3) is 0 Å². The fraction of sp³-hybridized carbons (Fsp3) is 0.600. The molecule has 16 heavy (non-hydrogen) atoms. The van der Waals surface area contributed by atoms with Crippen molar-refractivity contribution in [2.75, 3.05) is 0 Å². The van der Waals surface area contributed by atoms with E-state index in [-0.39, 0.29) is 24.7 Å². The Morgan fingerprint density at radius 3 is 1.19 bits per heavy atom. The first-order chi connectivity index (χ1) is 7.40. The molecule has 2 unspecified atom stereocenters. The van der Waals surface area contributed by atoms with Gasteiger partial charge in [0.2, 0.25) is 0 Å². The van der Waals surface area contributed by atoms with Crippen LogP contribution in [0.5, 0.6) is 0 Å². The third kappa shape index (κ3) is 3.15. The van der Waals surface area contributed by atoms with E-state index in [1.54, 1.807) is 13.8 Å². The Kier molecular flexibility index (Phi) is 3.76. The molecule has 88 valence electrons. The summed E-state index contributed by atoms with van der Waals surface area (Å²) < 4.78 is 8.39. The van der Waals surface area contributed by atoms with Gasteiger partial charge < -0.3 is 9.47 Å². The molecule has 0 aromatic rings. The van der Waals surface area contributed by atoms with Crippen LogP contribution in [0.25, 0.3) is 0 Å². The van der Waals surface area contributed by atoms with Crippen molar-refractivity contribution in [2.24, 2.45) is 11.8 Å². The molecule has 2 fully saturated rings. The van der Waals surface area contributed by atoms with Gasteiger partial charge in [0.15, 0.2) is 0 Å². The third-order valence-corrected chi connectivity index (χ3v) is 2.18. The molecule has 2 saturated heterocycles. The first kappa shape index (κ1) is 12.4. The van der Waals surface area contributed by atoms with Crippen LogP contribution in [0, 0.1) is 11.8 Å². The molecule has 2 aliphatic heterocycles. The minimum absolute atomic E-state index is 0.220. The number of carbonyl (C=O) groups is 4. The van der Waals surface area contributed by atoms with E-state index in [0.29, 0.717) is 0 Å². The van der Waals surface area contributed by atoms with E-state index in [0.717, 1.165) is 0 Å². The van der Waals surface area contributed by atoms with Gasteiger partial charge in [0.05, 0.1) is 24.7 Å². The Labute approximate surface area is 91.9 Å². The zero-order chi connectivity index (χ0) is 12.3. The Bertz CT molecular complexity index is 311. The minimum Gasteiger partial charge on any atom is -0.393 e. The summed E-state index contributed by atoms with van der Waals surface area (Å²) in [6.45, 7) is 3.35. The highest BCUT2D eigenvalue weighted by molar-refractivity contribution is 5.94. The summed E-state index contributed by atoms with van der Waals surface area (Å²) in [5.74, 6) is -2.03. The third-order valence-electron chi connectivity index (χ3n) is 2.18. The number of carbonyl (C=O) groups excluding carboxylic acids is 4. The van der Waals surface area contributed by atoms with E-state index >= 15 is 0 Å². The Balaban J connectivity index is 0.000000160. The van der Waals surface area contributed by atoms with Gasteiger partial charge in [-0.1, -0.05) is 13.8 Å². The summed E-state index contributed by atoms with van der Waals surface area (Å²) in [5, 5.41) is 0. The molecule has 0 radical (unpaired) electrons. The minimum atomic E-state index is -0.400. The highest BCUT2D eigenvalue weighted by atomic mass is 16.6. The van der Waals surface area contributed by atoms with Gasteiger partial charge in [-0.15, -0.1) is 0 Å². The molecule has 2 heterocycles. The first-order valence-electron chi connectivity index (χ1n) is 4.89. The molecule has 0 aliphatic carbocycles. The molecule has 6 heteroatoms. The highest BCUT2D eigenvalue weighted by Gasteiger charge is 2.29. The van der Waals surface area contributed by atoms with Crippen molar-refractivity contribution in [1.82, 2.24) is 0 Å². The van der Waals surface area contributed by atoms with Gasteiger partial charge in [-0.25, -0.2) is 0 Å². The molecule has 0 saturated carbocycles. The monoisotopic (exact) mass is 228 g/mol. The summed E-state index contributed by atoms with van der Waals surface area (Å²) in [7, 11) is 0. The first-order valence-corrected chi connectivity index (χ1v) is 4.89. The standard InChI is InChI=1S/2C5H6O3/c2*1-3-2-4(6)8-5(3)7/h2*3H,2H2,1H3. The van der Waals surface area contributed by atoms with E-state index in [9.17, 15) is 19.2 Å². The largest absolute Gasteiger partial charge is 0.393 e. The topological polar surface area (TPSA) is 86.7 Å². The van der Waals surface area contributed by atoms with Crippen LogP contribution in [0.2, 0.25) is 0 Å². The van der Waals surface area contributed by atoms with Gasteiger partial charge in [-0.05, 0) is 0 Å². The van der Waals surface area contributed by atoms with E-state index in [1.165, 1.54) is 0 Å². The highest BCUT2D eigenvalue weighted by Crippen LogP contribution is 2.14. The quantitative estimate of drug-likeness (QED) is 0.434. The van der Waals surface area contributed by atoms with Gasteiger partial charge in [0.1, 0.15) is 0 Å². The second kappa shape index (κ2) is 4.87. The fourth-order valence-electron chi connectivity index (χ4n) is 1.18. The Morgan fingerprint density at radius 1 is 0.812 bits per heavy atom.